The van der Waals surface area contributed by atoms with Crippen LogP contribution in [0.2, 0.25) is 5.02 Å². The molecule has 6 nitrogen and oxygen atoms in total. The molecule has 2 aromatic carbocycles. The Hall–Kier alpha value is -3.25. The predicted octanol–water partition coefficient (Wildman–Crippen LogP) is 4.15. The number of ether oxygens (including phenoxy) is 1. The molecule has 0 spiro atoms. The van der Waals surface area contributed by atoms with Crippen molar-refractivity contribution in [3.8, 4) is 0 Å². The SMILES string of the molecule is O=C1OC(c2ccc([N+](=O)[O-])cc2Cl)=N/C1=C\C=C\c1ccccc1. The highest BCUT2D eigenvalue weighted by molar-refractivity contribution is 6.34. The van der Waals surface area contributed by atoms with Crippen LogP contribution in [0.1, 0.15) is 11.1 Å². The highest BCUT2D eigenvalue weighted by atomic mass is 35.5. The maximum atomic E-state index is 11.9. The van der Waals surface area contributed by atoms with Crippen LogP contribution >= 0.6 is 11.6 Å². The van der Waals surface area contributed by atoms with Crippen molar-refractivity contribution < 1.29 is 14.5 Å². The van der Waals surface area contributed by atoms with Crippen LogP contribution < -0.4 is 0 Å². The number of halogens is 1. The van der Waals surface area contributed by atoms with Crippen molar-refractivity contribution in [2.24, 2.45) is 4.99 Å². The number of allylic oxidation sites excluding steroid dienone is 2. The van der Waals surface area contributed by atoms with Gasteiger partial charge in [0.25, 0.3) is 5.69 Å². The molecule has 25 heavy (non-hydrogen) atoms. The number of carbonyl (C=O) groups excluding carboxylic acids is 1. The quantitative estimate of drug-likeness (QED) is 0.357. The lowest BCUT2D eigenvalue weighted by molar-refractivity contribution is -0.384. The fraction of sp³-hybridized carbons (Fsp3) is 0. The molecular weight excluding hydrogens is 344 g/mol. The summed E-state index contributed by atoms with van der Waals surface area (Å²) in [4.78, 5) is 26.2. The van der Waals surface area contributed by atoms with Gasteiger partial charge in [-0.05, 0) is 17.7 Å². The van der Waals surface area contributed by atoms with E-state index in [0.717, 1.165) is 5.56 Å². The molecule has 2 aromatic rings. The monoisotopic (exact) mass is 354 g/mol. The number of hydrogen-bond donors (Lipinski definition) is 0. The molecule has 7 heteroatoms. The number of nitrogens with zero attached hydrogens (tertiary/aromatic N) is 2. The highest BCUT2D eigenvalue weighted by Crippen LogP contribution is 2.26. The van der Waals surface area contributed by atoms with Crippen molar-refractivity contribution in [2.45, 2.75) is 0 Å². The van der Waals surface area contributed by atoms with Crippen LogP contribution in [0.25, 0.3) is 6.08 Å². The number of rotatable bonds is 4. The molecule has 0 fully saturated rings. The van der Waals surface area contributed by atoms with Crippen LogP contribution in [-0.4, -0.2) is 16.8 Å². The Morgan fingerprint density at radius 1 is 1.16 bits per heavy atom. The van der Waals surface area contributed by atoms with Crippen molar-refractivity contribution in [3.05, 3.63) is 92.6 Å². The Balaban J connectivity index is 1.84. The van der Waals surface area contributed by atoms with E-state index in [4.69, 9.17) is 16.3 Å². The smallest absolute Gasteiger partial charge is 0.363 e. The normalized spacial score (nSPS) is 15.5. The van der Waals surface area contributed by atoms with E-state index in [1.165, 1.54) is 24.3 Å². The second-order valence-corrected chi connectivity index (χ2v) is 5.46. The first-order valence-electron chi connectivity index (χ1n) is 7.23. The number of hydrogen-bond acceptors (Lipinski definition) is 5. The number of aliphatic imine (C=N–C) groups is 1. The summed E-state index contributed by atoms with van der Waals surface area (Å²) >= 11 is 6.02. The number of nitro benzene ring substituents is 1. The zero-order valence-electron chi connectivity index (χ0n) is 12.8. The minimum atomic E-state index is -0.609. The first-order valence-corrected chi connectivity index (χ1v) is 7.61. The molecule has 0 aromatic heterocycles. The molecular formula is C18H11ClN2O4. The van der Waals surface area contributed by atoms with Crippen LogP contribution in [-0.2, 0) is 9.53 Å². The van der Waals surface area contributed by atoms with Gasteiger partial charge in [-0.3, -0.25) is 10.1 Å². The number of esters is 1. The number of non-ortho nitro benzene ring substituents is 1. The van der Waals surface area contributed by atoms with Gasteiger partial charge >= 0.3 is 5.97 Å². The zero-order chi connectivity index (χ0) is 17.8. The molecule has 0 saturated carbocycles. The van der Waals surface area contributed by atoms with Crippen molar-refractivity contribution in [3.63, 3.8) is 0 Å². The van der Waals surface area contributed by atoms with Gasteiger partial charge in [0.05, 0.1) is 15.5 Å². The van der Waals surface area contributed by atoms with Crippen LogP contribution in [0.4, 0.5) is 5.69 Å². The number of carbonyl (C=O) groups is 1. The largest absolute Gasteiger partial charge is 0.402 e. The van der Waals surface area contributed by atoms with Gasteiger partial charge in [-0.25, -0.2) is 9.79 Å². The fourth-order valence-electron chi connectivity index (χ4n) is 2.14. The van der Waals surface area contributed by atoms with Gasteiger partial charge in [-0.15, -0.1) is 0 Å². The van der Waals surface area contributed by atoms with Gasteiger partial charge in [-0.1, -0.05) is 54.1 Å². The third-order valence-electron chi connectivity index (χ3n) is 3.36. The van der Waals surface area contributed by atoms with E-state index in [9.17, 15) is 14.9 Å². The van der Waals surface area contributed by atoms with Crippen LogP contribution in [0.15, 0.2) is 71.4 Å². The molecule has 0 unspecified atom stereocenters. The van der Waals surface area contributed by atoms with Gasteiger partial charge in [0.15, 0.2) is 5.70 Å². The van der Waals surface area contributed by atoms with Gasteiger partial charge in [-0.2, -0.15) is 0 Å². The Labute approximate surface area is 147 Å². The highest BCUT2D eigenvalue weighted by Gasteiger charge is 2.26. The molecule has 1 aliphatic rings. The molecule has 0 amide bonds. The van der Waals surface area contributed by atoms with E-state index in [1.54, 1.807) is 6.08 Å². The molecule has 0 bridgehead atoms. The third-order valence-corrected chi connectivity index (χ3v) is 3.67. The fourth-order valence-corrected chi connectivity index (χ4v) is 2.40. The lowest BCUT2D eigenvalue weighted by Gasteiger charge is -2.02. The minimum Gasteiger partial charge on any atom is -0.402 e. The van der Waals surface area contributed by atoms with Gasteiger partial charge < -0.3 is 4.74 Å². The first-order chi connectivity index (χ1) is 12.0. The number of nitro groups is 1. The molecule has 124 valence electrons. The number of benzene rings is 2. The molecule has 3 rings (SSSR count). The maximum absolute atomic E-state index is 11.9. The molecule has 1 aliphatic heterocycles. The summed E-state index contributed by atoms with van der Waals surface area (Å²) in [6.45, 7) is 0. The topological polar surface area (TPSA) is 81.8 Å². The maximum Gasteiger partial charge on any atom is 0.363 e. The Morgan fingerprint density at radius 3 is 2.60 bits per heavy atom. The number of cyclic esters (lactones) is 1. The summed E-state index contributed by atoms with van der Waals surface area (Å²) in [7, 11) is 0. The van der Waals surface area contributed by atoms with Crippen molar-refractivity contribution in [1.82, 2.24) is 0 Å². The minimum absolute atomic E-state index is 0.0178. The summed E-state index contributed by atoms with van der Waals surface area (Å²) in [6.07, 6.45) is 5.05. The standard InChI is InChI=1S/C18H11ClN2O4/c19-15-11-13(21(23)24)9-10-14(15)17-20-16(18(22)25-17)8-4-7-12-5-2-1-3-6-12/h1-11H/b7-4+,16-8-. The van der Waals surface area contributed by atoms with E-state index in [1.807, 2.05) is 36.4 Å². The summed E-state index contributed by atoms with van der Waals surface area (Å²) in [5.41, 5.74) is 1.27. The zero-order valence-corrected chi connectivity index (χ0v) is 13.5. The third kappa shape index (κ3) is 3.81. The van der Waals surface area contributed by atoms with Crippen molar-refractivity contribution in [2.75, 3.05) is 0 Å². The molecule has 0 N–H and O–H groups in total. The predicted molar refractivity (Wildman–Crippen MR) is 94.3 cm³/mol. The van der Waals surface area contributed by atoms with Gasteiger partial charge in [0.1, 0.15) is 0 Å². The molecule has 0 aliphatic carbocycles. The molecule has 0 radical (unpaired) electrons. The van der Waals surface area contributed by atoms with E-state index < -0.39 is 10.9 Å². The summed E-state index contributed by atoms with van der Waals surface area (Å²) in [6, 6.07) is 13.4. The van der Waals surface area contributed by atoms with Gasteiger partial charge in [0, 0.05) is 12.1 Å². The van der Waals surface area contributed by atoms with Crippen LogP contribution in [0, 0.1) is 10.1 Å². The van der Waals surface area contributed by atoms with Crippen molar-refractivity contribution in [1.29, 1.82) is 0 Å². The van der Waals surface area contributed by atoms with E-state index >= 15 is 0 Å². The van der Waals surface area contributed by atoms with E-state index in [2.05, 4.69) is 4.99 Å². The van der Waals surface area contributed by atoms with Crippen LogP contribution in [0.3, 0.4) is 0 Å². The average Bonchev–Trinajstić information content (AvgIpc) is 2.96. The molecule has 0 atom stereocenters. The van der Waals surface area contributed by atoms with E-state index in [0.29, 0.717) is 5.56 Å². The summed E-state index contributed by atoms with van der Waals surface area (Å²) in [5.74, 6) is -0.591. The second-order valence-electron chi connectivity index (χ2n) is 5.05. The van der Waals surface area contributed by atoms with Crippen molar-refractivity contribution >= 4 is 35.2 Å². The summed E-state index contributed by atoms with van der Waals surface area (Å²) in [5, 5.41) is 10.8. The lowest BCUT2D eigenvalue weighted by atomic mass is 10.2. The Bertz CT molecular complexity index is 933. The average molecular weight is 355 g/mol. The molecule has 1 heterocycles. The Kier molecular flexibility index (Phi) is 4.72. The molecule has 0 saturated heterocycles. The van der Waals surface area contributed by atoms with Gasteiger partial charge in [0.2, 0.25) is 5.90 Å². The summed E-state index contributed by atoms with van der Waals surface area (Å²) < 4.78 is 5.10. The van der Waals surface area contributed by atoms with E-state index in [-0.39, 0.29) is 22.3 Å². The lowest BCUT2D eigenvalue weighted by Crippen LogP contribution is -2.06. The van der Waals surface area contributed by atoms with Crippen LogP contribution in [0.5, 0.6) is 0 Å². The first kappa shape index (κ1) is 16.6. The second kappa shape index (κ2) is 7.11. The Morgan fingerprint density at radius 2 is 1.92 bits per heavy atom.